The van der Waals surface area contributed by atoms with E-state index < -0.39 is 11.6 Å². The summed E-state index contributed by atoms with van der Waals surface area (Å²) >= 11 is 6.39. The highest BCUT2D eigenvalue weighted by atomic mass is 35.5. The van der Waals surface area contributed by atoms with Crippen LogP contribution in [0.4, 0.5) is 0 Å². The molecule has 5 nitrogen and oxygen atoms in total. The minimum Gasteiger partial charge on any atom is -0.496 e. The third-order valence-corrected chi connectivity index (χ3v) is 4.48. The van der Waals surface area contributed by atoms with Crippen LogP contribution < -0.4 is 4.74 Å². The van der Waals surface area contributed by atoms with Crippen molar-refractivity contribution in [3.8, 4) is 16.9 Å². The molecule has 130 valence electrons. The monoisotopic (exact) mass is 359 g/mol. The van der Waals surface area contributed by atoms with Crippen LogP contribution in [0.15, 0.2) is 36.5 Å². The maximum Gasteiger partial charge on any atom is 0.337 e. The van der Waals surface area contributed by atoms with Gasteiger partial charge in [-0.15, -0.1) is 0 Å². The van der Waals surface area contributed by atoms with Crippen LogP contribution in [-0.4, -0.2) is 28.3 Å². The normalized spacial score (nSPS) is 11.7. The molecule has 0 unspecified atom stereocenters. The van der Waals surface area contributed by atoms with E-state index in [4.69, 9.17) is 16.3 Å². The molecule has 0 bridgehead atoms. The summed E-state index contributed by atoms with van der Waals surface area (Å²) in [6, 6.07) is 8.85. The Bertz CT molecular complexity index is 969. The molecule has 3 aromatic rings. The molecule has 0 aliphatic heterocycles. The average Bonchev–Trinajstić information content (AvgIpc) is 2.95. The number of carboxylic acid groups (broad SMARTS) is 1. The van der Waals surface area contributed by atoms with Crippen LogP contribution in [0, 0.1) is 0 Å². The molecule has 1 heterocycles. The van der Waals surface area contributed by atoms with E-state index in [9.17, 15) is 15.0 Å². The van der Waals surface area contributed by atoms with Gasteiger partial charge >= 0.3 is 5.97 Å². The van der Waals surface area contributed by atoms with Crippen molar-refractivity contribution in [1.82, 2.24) is 4.98 Å². The second-order valence-electron chi connectivity index (χ2n) is 6.36. The van der Waals surface area contributed by atoms with E-state index >= 15 is 0 Å². The summed E-state index contributed by atoms with van der Waals surface area (Å²) in [6.45, 7) is 3.37. The topological polar surface area (TPSA) is 82.5 Å². The zero-order valence-corrected chi connectivity index (χ0v) is 14.8. The van der Waals surface area contributed by atoms with E-state index in [2.05, 4.69) is 4.98 Å². The summed E-state index contributed by atoms with van der Waals surface area (Å²) in [5.41, 5.74) is 1.92. The summed E-state index contributed by atoms with van der Waals surface area (Å²) in [5, 5.41) is 20.6. The van der Waals surface area contributed by atoms with Crippen molar-refractivity contribution in [3.05, 3.63) is 52.7 Å². The highest BCUT2D eigenvalue weighted by Crippen LogP contribution is 2.38. The number of aromatic carboxylic acids is 1. The molecule has 0 fully saturated rings. The molecule has 0 saturated carbocycles. The number of benzene rings is 2. The Morgan fingerprint density at radius 1 is 1.24 bits per heavy atom. The largest absolute Gasteiger partial charge is 0.496 e. The number of nitrogens with one attached hydrogen (secondary N) is 1. The van der Waals surface area contributed by atoms with Crippen molar-refractivity contribution >= 4 is 28.5 Å². The summed E-state index contributed by atoms with van der Waals surface area (Å²) in [5.74, 6) is -0.469. The Morgan fingerprint density at radius 2 is 1.96 bits per heavy atom. The molecule has 0 aliphatic carbocycles. The maximum absolute atomic E-state index is 11.4. The molecule has 25 heavy (non-hydrogen) atoms. The van der Waals surface area contributed by atoms with Gasteiger partial charge in [0.2, 0.25) is 0 Å². The maximum atomic E-state index is 11.4. The molecule has 0 saturated heterocycles. The molecule has 0 spiro atoms. The van der Waals surface area contributed by atoms with E-state index in [1.807, 2.05) is 6.07 Å². The number of methoxy groups -OCH3 is 1. The van der Waals surface area contributed by atoms with Crippen LogP contribution in [0.5, 0.6) is 5.75 Å². The number of fused-ring (bicyclic) bond motifs is 1. The van der Waals surface area contributed by atoms with Gasteiger partial charge in [0.25, 0.3) is 0 Å². The van der Waals surface area contributed by atoms with Gasteiger partial charge in [0, 0.05) is 28.2 Å². The molecule has 0 atom stereocenters. The first-order valence-corrected chi connectivity index (χ1v) is 8.05. The highest BCUT2D eigenvalue weighted by Gasteiger charge is 2.22. The number of aliphatic hydroxyl groups is 1. The third kappa shape index (κ3) is 3.08. The van der Waals surface area contributed by atoms with E-state index in [0.29, 0.717) is 32.8 Å². The number of aromatic amines is 1. The van der Waals surface area contributed by atoms with Crippen molar-refractivity contribution in [2.75, 3.05) is 7.11 Å². The standard InChI is InChI=1S/C19H18ClNO4/c1-19(2,24)14-5-4-10(6-17(14)25-3)11-7-12-13(18(22)23)9-21-16(12)8-15(11)20/h4-9,21,24H,1-3H3,(H,22,23). The van der Waals surface area contributed by atoms with Crippen LogP contribution in [0.1, 0.15) is 29.8 Å². The summed E-state index contributed by atoms with van der Waals surface area (Å²) in [6.07, 6.45) is 1.45. The number of ether oxygens (including phenoxy) is 1. The average molecular weight is 360 g/mol. The van der Waals surface area contributed by atoms with Gasteiger partial charge in [-0.3, -0.25) is 0 Å². The number of H-pyrrole nitrogens is 1. The fourth-order valence-electron chi connectivity index (χ4n) is 2.91. The SMILES string of the molecule is COc1cc(-c2cc3c(C(=O)O)c[nH]c3cc2Cl)ccc1C(C)(C)O. The van der Waals surface area contributed by atoms with Crippen LogP contribution in [0.25, 0.3) is 22.0 Å². The number of halogens is 1. The van der Waals surface area contributed by atoms with E-state index in [1.54, 1.807) is 38.1 Å². The quantitative estimate of drug-likeness (QED) is 0.643. The summed E-state index contributed by atoms with van der Waals surface area (Å²) in [7, 11) is 1.54. The predicted molar refractivity (Wildman–Crippen MR) is 97.5 cm³/mol. The van der Waals surface area contributed by atoms with Gasteiger partial charge in [-0.05, 0) is 37.6 Å². The Labute approximate surface area is 149 Å². The van der Waals surface area contributed by atoms with E-state index in [0.717, 1.165) is 5.56 Å². The first-order valence-electron chi connectivity index (χ1n) is 7.67. The molecular formula is C19H18ClNO4. The Hall–Kier alpha value is -2.50. The first-order chi connectivity index (χ1) is 11.7. The minimum absolute atomic E-state index is 0.188. The number of rotatable bonds is 4. The Kier molecular flexibility index (Phi) is 4.22. The van der Waals surface area contributed by atoms with Crippen LogP contribution in [0.2, 0.25) is 5.02 Å². The van der Waals surface area contributed by atoms with Gasteiger partial charge in [0.15, 0.2) is 0 Å². The van der Waals surface area contributed by atoms with Crippen molar-refractivity contribution in [3.63, 3.8) is 0 Å². The third-order valence-electron chi connectivity index (χ3n) is 4.17. The van der Waals surface area contributed by atoms with Crippen molar-refractivity contribution in [2.45, 2.75) is 19.4 Å². The van der Waals surface area contributed by atoms with Crippen molar-refractivity contribution < 1.29 is 19.7 Å². The fraction of sp³-hybridized carbons (Fsp3) is 0.211. The van der Waals surface area contributed by atoms with Gasteiger partial charge in [-0.25, -0.2) is 4.79 Å². The lowest BCUT2D eigenvalue weighted by molar-refractivity contribution is 0.0698. The molecule has 3 rings (SSSR count). The van der Waals surface area contributed by atoms with Crippen LogP contribution >= 0.6 is 11.6 Å². The lowest BCUT2D eigenvalue weighted by Crippen LogP contribution is -2.16. The lowest BCUT2D eigenvalue weighted by Gasteiger charge is -2.21. The Balaban J connectivity index is 2.20. The summed E-state index contributed by atoms with van der Waals surface area (Å²) in [4.78, 5) is 14.3. The number of carboxylic acids is 1. The predicted octanol–water partition coefficient (Wildman–Crippen LogP) is 4.42. The number of carbonyl (C=O) groups is 1. The molecule has 3 N–H and O–H groups in total. The van der Waals surface area contributed by atoms with Crippen LogP contribution in [-0.2, 0) is 5.60 Å². The van der Waals surface area contributed by atoms with E-state index in [1.165, 1.54) is 13.3 Å². The molecule has 0 amide bonds. The van der Waals surface area contributed by atoms with Crippen molar-refractivity contribution in [2.24, 2.45) is 0 Å². The highest BCUT2D eigenvalue weighted by molar-refractivity contribution is 6.34. The van der Waals surface area contributed by atoms with Gasteiger partial charge < -0.3 is 19.9 Å². The van der Waals surface area contributed by atoms with Gasteiger partial charge in [-0.1, -0.05) is 23.7 Å². The molecule has 0 radical (unpaired) electrons. The second-order valence-corrected chi connectivity index (χ2v) is 6.77. The van der Waals surface area contributed by atoms with Gasteiger partial charge in [0.05, 0.1) is 23.3 Å². The van der Waals surface area contributed by atoms with Crippen LogP contribution in [0.3, 0.4) is 0 Å². The smallest absolute Gasteiger partial charge is 0.337 e. The molecule has 1 aromatic heterocycles. The molecule has 0 aliphatic rings. The summed E-state index contributed by atoms with van der Waals surface area (Å²) < 4.78 is 5.40. The number of aromatic nitrogens is 1. The lowest BCUT2D eigenvalue weighted by atomic mass is 9.93. The first kappa shape index (κ1) is 17.3. The number of hydrogen-bond acceptors (Lipinski definition) is 3. The molecule has 2 aromatic carbocycles. The Morgan fingerprint density at radius 3 is 2.56 bits per heavy atom. The second kappa shape index (κ2) is 6.10. The fourth-order valence-corrected chi connectivity index (χ4v) is 3.18. The van der Waals surface area contributed by atoms with Gasteiger partial charge in [-0.2, -0.15) is 0 Å². The van der Waals surface area contributed by atoms with Crippen molar-refractivity contribution in [1.29, 1.82) is 0 Å². The number of hydrogen-bond donors (Lipinski definition) is 3. The molecular weight excluding hydrogens is 342 g/mol. The van der Waals surface area contributed by atoms with Gasteiger partial charge in [0.1, 0.15) is 5.75 Å². The molecule has 6 heteroatoms. The zero-order chi connectivity index (χ0) is 18.4. The minimum atomic E-state index is -1.05. The zero-order valence-electron chi connectivity index (χ0n) is 14.1. The van der Waals surface area contributed by atoms with E-state index in [-0.39, 0.29) is 5.56 Å².